The van der Waals surface area contributed by atoms with E-state index in [0.717, 1.165) is 25.1 Å². The van der Waals surface area contributed by atoms with Gasteiger partial charge in [0.25, 0.3) is 0 Å². The number of aromatic hydroxyl groups is 1. The lowest BCUT2D eigenvalue weighted by molar-refractivity contribution is -0.130. The third kappa shape index (κ3) is 4.24. The summed E-state index contributed by atoms with van der Waals surface area (Å²) in [7, 11) is 1.82. The van der Waals surface area contributed by atoms with Crippen LogP contribution in [0, 0.1) is 5.92 Å². The number of nitrogens with one attached hydrogen (secondary N) is 1. The molecule has 1 aromatic rings. The maximum Gasteiger partial charge on any atom is 0.222 e. The highest BCUT2D eigenvalue weighted by atomic mass is 16.3. The van der Waals surface area contributed by atoms with Crippen molar-refractivity contribution in [2.75, 3.05) is 20.1 Å². The monoisotopic (exact) mass is 262 g/mol. The van der Waals surface area contributed by atoms with Gasteiger partial charge in [0.15, 0.2) is 0 Å². The second-order valence-electron chi connectivity index (χ2n) is 5.32. The van der Waals surface area contributed by atoms with Crippen molar-refractivity contribution in [3.63, 3.8) is 0 Å². The summed E-state index contributed by atoms with van der Waals surface area (Å²) in [6.07, 6.45) is 2.77. The van der Waals surface area contributed by atoms with Crippen LogP contribution >= 0.6 is 0 Å². The first-order chi connectivity index (χ1) is 9.15. The van der Waals surface area contributed by atoms with Crippen LogP contribution in [-0.2, 0) is 11.3 Å². The van der Waals surface area contributed by atoms with E-state index in [1.54, 1.807) is 23.1 Å². The molecule has 0 saturated carbocycles. The zero-order valence-corrected chi connectivity index (χ0v) is 11.4. The Morgan fingerprint density at radius 3 is 3.05 bits per heavy atom. The van der Waals surface area contributed by atoms with E-state index in [1.165, 1.54) is 6.42 Å². The number of hydrogen-bond acceptors (Lipinski definition) is 3. The molecule has 1 unspecified atom stereocenters. The topological polar surface area (TPSA) is 52.6 Å². The smallest absolute Gasteiger partial charge is 0.222 e. The molecule has 2 rings (SSSR count). The Balaban J connectivity index is 1.78. The molecular formula is C15H22N2O2. The molecule has 1 aliphatic rings. The first-order valence-electron chi connectivity index (χ1n) is 6.88. The molecule has 0 aliphatic carbocycles. The molecule has 0 bridgehead atoms. The highest BCUT2D eigenvalue weighted by Gasteiger charge is 2.17. The fourth-order valence-electron chi connectivity index (χ4n) is 2.50. The van der Waals surface area contributed by atoms with E-state index in [2.05, 4.69) is 5.32 Å². The molecule has 1 atom stereocenters. The molecule has 1 aliphatic heterocycles. The Labute approximate surface area is 114 Å². The van der Waals surface area contributed by atoms with E-state index in [4.69, 9.17) is 0 Å². The lowest BCUT2D eigenvalue weighted by Gasteiger charge is -2.18. The molecule has 19 heavy (non-hydrogen) atoms. The van der Waals surface area contributed by atoms with Gasteiger partial charge in [-0.05, 0) is 49.5 Å². The molecule has 1 heterocycles. The first-order valence-corrected chi connectivity index (χ1v) is 6.88. The van der Waals surface area contributed by atoms with Crippen LogP contribution in [0.2, 0.25) is 0 Å². The highest BCUT2D eigenvalue weighted by molar-refractivity contribution is 5.75. The number of amides is 1. The summed E-state index contributed by atoms with van der Waals surface area (Å²) in [4.78, 5) is 13.8. The highest BCUT2D eigenvalue weighted by Crippen LogP contribution is 2.16. The molecule has 2 N–H and O–H groups in total. The Bertz CT molecular complexity index is 428. The van der Waals surface area contributed by atoms with Crippen LogP contribution in [0.4, 0.5) is 0 Å². The van der Waals surface area contributed by atoms with Gasteiger partial charge in [-0.2, -0.15) is 0 Å². The molecule has 1 fully saturated rings. The number of rotatable bonds is 5. The summed E-state index contributed by atoms with van der Waals surface area (Å²) < 4.78 is 0. The molecule has 0 radical (unpaired) electrons. The van der Waals surface area contributed by atoms with Gasteiger partial charge in [0, 0.05) is 20.0 Å². The van der Waals surface area contributed by atoms with Crippen LogP contribution in [0.5, 0.6) is 5.75 Å². The maximum absolute atomic E-state index is 12.0. The lowest BCUT2D eigenvalue weighted by atomic mass is 10.0. The van der Waals surface area contributed by atoms with Crippen LogP contribution < -0.4 is 5.32 Å². The van der Waals surface area contributed by atoms with Crippen LogP contribution in [-0.4, -0.2) is 36.1 Å². The number of phenolic OH excluding ortho intramolecular Hbond substituents is 1. The number of carbonyl (C=O) groups excluding carboxylic acids is 1. The Kier molecular flexibility index (Phi) is 4.80. The van der Waals surface area contributed by atoms with E-state index >= 15 is 0 Å². The van der Waals surface area contributed by atoms with Gasteiger partial charge in [-0.25, -0.2) is 0 Å². The van der Waals surface area contributed by atoms with E-state index < -0.39 is 0 Å². The minimum atomic E-state index is 0.176. The average molecular weight is 262 g/mol. The van der Waals surface area contributed by atoms with Crippen LogP contribution in [0.15, 0.2) is 24.3 Å². The molecule has 1 saturated heterocycles. The van der Waals surface area contributed by atoms with Crippen molar-refractivity contribution >= 4 is 5.91 Å². The standard InChI is InChI=1S/C15H22N2O2/c1-17(11-13-3-2-4-14(18)9-13)15(19)6-5-12-7-8-16-10-12/h2-4,9,12,16,18H,5-8,10-11H2,1H3. The number of benzene rings is 1. The van der Waals surface area contributed by atoms with Crippen LogP contribution in [0.3, 0.4) is 0 Å². The van der Waals surface area contributed by atoms with Crippen molar-refractivity contribution in [1.82, 2.24) is 10.2 Å². The van der Waals surface area contributed by atoms with Crippen molar-refractivity contribution in [1.29, 1.82) is 0 Å². The number of phenols is 1. The Morgan fingerprint density at radius 2 is 2.37 bits per heavy atom. The van der Waals surface area contributed by atoms with Crippen molar-refractivity contribution in [2.24, 2.45) is 5.92 Å². The van der Waals surface area contributed by atoms with Crippen LogP contribution in [0.25, 0.3) is 0 Å². The van der Waals surface area contributed by atoms with E-state index in [0.29, 0.717) is 18.9 Å². The van der Waals surface area contributed by atoms with Crippen molar-refractivity contribution in [3.05, 3.63) is 29.8 Å². The van der Waals surface area contributed by atoms with Crippen molar-refractivity contribution < 1.29 is 9.90 Å². The quantitative estimate of drug-likeness (QED) is 0.850. The third-order valence-corrected chi connectivity index (χ3v) is 3.68. The fraction of sp³-hybridized carbons (Fsp3) is 0.533. The summed E-state index contributed by atoms with van der Waals surface area (Å²) in [5.41, 5.74) is 0.957. The van der Waals surface area contributed by atoms with Gasteiger partial charge in [-0.1, -0.05) is 12.1 Å². The Hall–Kier alpha value is -1.55. The van der Waals surface area contributed by atoms with Gasteiger partial charge < -0.3 is 15.3 Å². The van der Waals surface area contributed by atoms with Crippen molar-refractivity contribution in [2.45, 2.75) is 25.8 Å². The summed E-state index contributed by atoms with van der Waals surface area (Å²) in [6.45, 7) is 2.68. The largest absolute Gasteiger partial charge is 0.508 e. The predicted octanol–water partition coefficient (Wildman–Crippen LogP) is 1.74. The summed E-state index contributed by atoms with van der Waals surface area (Å²) in [5.74, 6) is 1.07. The molecule has 1 aromatic carbocycles. The number of carbonyl (C=O) groups is 1. The first kappa shape index (κ1) is 13.9. The third-order valence-electron chi connectivity index (χ3n) is 3.68. The van der Waals surface area contributed by atoms with Crippen LogP contribution in [0.1, 0.15) is 24.8 Å². The van der Waals surface area contributed by atoms with Crippen molar-refractivity contribution in [3.8, 4) is 5.75 Å². The molecular weight excluding hydrogens is 240 g/mol. The van der Waals surface area contributed by atoms with E-state index in [-0.39, 0.29) is 11.7 Å². The van der Waals surface area contributed by atoms with E-state index in [1.807, 2.05) is 13.1 Å². The lowest BCUT2D eigenvalue weighted by Crippen LogP contribution is -2.26. The SMILES string of the molecule is CN(Cc1cccc(O)c1)C(=O)CCC1CCNC1. The molecule has 0 spiro atoms. The second kappa shape index (κ2) is 6.57. The van der Waals surface area contributed by atoms with Gasteiger partial charge in [0.2, 0.25) is 5.91 Å². The van der Waals surface area contributed by atoms with Gasteiger partial charge in [-0.3, -0.25) is 4.79 Å². The number of nitrogens with zero attached hydrogens (tertiary/aromatic N) is 1. The second-order valence-corrected chi connectivity index (χ2v) is 5.32. The normalized spacial score (nSPS) is 18.5. The molecule has 4 nitrogen and oxygen atoms in total. The molecule has 0 aromatic heterocycles. The molecule has 104 valence electrons. The van der Waals surface area contributed by atoms with Gasteiger partial charge in [0.1, 0.15) is 5.75 Å². The Morgan fingerprint density at radius 1 is 1.53 bits per heavy atom. The zero-order chi connectivity index (χ0) is 13.7. The van der Waals surface area contributed by atoms with E-state index in [9.17, 15) is 9.90 Å². The molecule has 1 amide bonds. The summed E-state index contributed by atoms with van der Waals surface area (Å²) in [5, 5.41) is 12.7. The number of hydrogen-bond donors (Lipinski definition) is 2. The van der Waals surface area contributed by atoms with Gasteiger partial charge >= 0.3 is 0 Å². The summed E-state index contributed by atoms with van der Waals surface area (Å²) >= 11 is 0. The van der Waals surface area contributed by atoms with Gasteiger partial charge in [0.05, 0.1) is 0 Å². The average Bonchev–Trinajstić information content (AvgIpc) is 2.89. The maximum atomic E-state index is 12.0. The predicted molar refractivity (Wildman–Crippen MR) is 74.8 cm³/mol. The van der Waals surface area contributed by atoms with Gasteiger partial charge in [-0.15, -0.1) is 0 Å². The minimum Gasteiger partial charge on any atom is -0.508 e. The zero-order valence-electron chi connectivity index (χ0n) is 11.4. The minimum absolute atomic E-state index is 0.176. The molecule has 4 heteroatoms. The fourth-order valence-corrected chi connectivity index (χ4v) is 2.50. The summed E-state index contributed by atoms with van der Waals surface area (Å²) in [6, 6.07) is 7.06.